The molecule has 1 aliphatic heterocycles. The van der Waals surface area contributed by atoms with E-state index in [-0.39, 0.29) is 23.4 Å². The number of thioether (sulfide) groups is 1. The molecule has 3 rings (SSSR count). The number of hydrogen-bond acceptors (Lipinski definition) is 5. The number of ketones is 1. The van der Waals surface area contributed by atoms with Crippen molar-refractivity contribution in [1.29, 1.82) is 0 Å². The monoisotopic (exact) mass is 299 g/mol. The van der Waals surface area contributed by atoms with Crippen molar-refractivity contribution < 1.29 is 9.59 Å². The summed E-state index contributed by atoms with van der Waals surface area (Å²) in [4.78, 5) is 32.0. The van der Waals surface area contributed by atoms with Crippen molar-refractivity contribution in [3.63, 3.8) is 0 Å². The van der Waals surface area contributed by atoms with Gasteiger partial charge in [0.1, 0.15) is 0 Å². The number of fused-ring (bicyclic) bond motifs is 1. The molecule has 1 N–H and O–H groups in total. The van der Waals surface area contributed by atoms with Gasteiger partial charge in [-0.15, -0.1) is 0 Å². The lowest BCUT2D eigenvalue weighted by molar-refractivity contribution is -0.116. The van der Waals surface area contributed by atoms with E-state index < -0.39 is 0 Å². The summed E-state index contributed by atoms with van der Waals surface area (Å²) >= 11 is 1.30. The molecule has 0 fully saturated rings. The zero-order chi connectivity index (χ0) is 14.8. The van der Waals surface area contributed by atoms with E-state index in [0.717, 1.165) is 11.3 Å². The summed E-state index contributed by atoms with van der Waals surface area (Å²) in [6.07, 6.45) is 3.29. The molecule has 21 heavy (non-hydrogen) atoms. The first-order valence-electron chi connectivity index (χ1n) is 6.53. The van der Waals surface area contributed by atoms with E-state index in [9.17, 15) is 9.59 Å². The number of carbonyl (C=O) groups is 2. The largest absolute Gasteiger partial charge is 0.325 e. The first-order valence-corrected chi connectivity index (χ1v) is 7.51. The minimum absolute atomic E-state index is 0.00167. The molecule has 1 atom stereocenters. The van der Waals surface area contributed by atoms with Crippen LogP contribution in [0.1, 0.15) is 28.8 Å². The number of nitrogens with one attached hydrogen (secondary N) is 1. The van der Waals surface area contributed by atoms with Gasteiger partial charge < -0.3 is 5.32 Å². The Morgan fingerprint density at radius 1 is 1.33 bits per heavy atom. The number of hydrogen-bond donors (Lipinski definition) is 1. The van der Waals surface area contributed by atoms with Crippen molar-refractivity contribution >= 4 is 29.1 Å². The number of nitrogens with zero attached hydrogens (tertiary/aromatic N) is 2. The minimum Gasteiger partial charge on any atom is -0.325 e. The van der Waals surface area contributed by atoms with Crippen LogP contribution < -0.4 is 5.32 Å². The zero-order valence-corrected chi connectivity index (χ0v) is 12.2. The maximum atomic E-state index is 12.2. The maximum absolute atomic E-state index is 12.2. The van der Waals surface area contributed by atoms with Gasteiger partial charge in [0, 0.05) is 23.6 Å². The Bertz CT molecular complexity index is 703. The molecule has 0 saturated heterocycles. The number of amides is 1. The molecule has 0 aliphatic carbocycles. The van der Waals surface area contributed by atoms with Crippen molar-refractivity contribution in [2.75, 3.05) is 11.1 Å². The molecular formula is C15H13N3O2S. The molecule has 106 valence electrons. The van der Waals surface area contributed by atoms with E-state index in [0.29, 0.717) is 10.7 Å². The number of aromatic nitrogens is 2. The Morgan fingerprint density at radius 3 is 2.86 bits per heavy atom. The highest BCUT2D eigenvalue weighted by Gasteiger charge is 2.27. The normalized spacial score (nSPS) is 16.4. The van der Waals surface area contributed by atoms with Crippen LogP contribution >= 0.6 is 11.8 Å². The number of anilines is 1. The quantitative estimate of drug-likeness (QED) is 0.533. The molecule has 2 aromatic rings. The second-order valence-corrected chi connectivity index (χ2v) is 5.70. The predicted molar refractivity (Wildman–Crippen MR) is 80.6 cm³/mol. The summed E-state index contributed by atoms with van der Waals surface area (Å²) in [6, 6.07) is 7.06. The summed E-state index contributed by atoms with van der Waals surface area (Å²) in [5.74, 6) is 0.0415. The molecule has 1 aromatic carbocycles. The van der Waals surface area contributed by atoms with Crippen LogP contribution in [-0.2, 0) is 4.79 Å². The van der Waals surface area contributed by atoms with Crippen molar-refractivity contribution in [3.8, 4) is 0 Å². The third kappa shape index (κ3) is 2.80. The molecule has 0 radical (unpaired) electrons. The number of Topliss-reactive ketones (excluding diaryl/α,β-unsaturated/α-hetero) is 1. The molecule has 1 amide bonds. The molecular weight excluding hydrogens is 286 g/mol. The van der Waals surface area contributed by atoms with Gasteiger partial charge in [-0.2, -0.15) is 0 Å². The van der Waals surface area contributed by atoms with E-state index in [1.165, 1.54) is 11.8 Å². The first-order chi connectivity index (χ1) is 10.1. The average molecular weight is 299 g/mol. The third-order valence-electron chi connectivity index (χ3n) is 3.37. The summed E-state index contributed by atoms with van der Waals surface area (Å²) in [7, 11) is 0. The molecule has 0 saturated carbocycles. The van der Waals surface area contributed by atoms with E-state index in [1.807, 2.05) is 6.92 Å². The molecule has 2 heterocycles. The SMILES string of the molecule is C[C@@H]1C(=O)Nc2ccc(C(=O)CSc3ncccn3)cc21. The van der Waals surface area contributed by atoms with Gasteiger partial charge in [-0.3, -0.25) is 9.59 Å². The van der Waals surface area contributed by atoms with Crippen LogP contribution in [0.5, 0.6) is 0 Å². The average Bonchev–Trinajstić information content (AvgIpc) is 2.80. The van der Waals surface area contributed by atoms with Crippen molar-refractivity contribution in [1.82, 2.24) is 9.97 Å². The molecule has 0 unspecified atom stereocenters. The molecule has 6 heteroatoms. The Morgan fingerprint density at radius 2 is 2.10 bits per heavy atom. The summed E-state index contributed by atoms with van der Waals surface area (Å²) in [6.45, 7) is 1.84. The smallest absolute Gasteiger partial charge is 0.231 e. The Balaban J connectivity index is 1.73. The van der Waals surface area contributed by atoms with Gasteiger partial charge in [0.2, 0.25) is 5.91 Å². The third-order valence-corrected chi connectivity index (χ3v) is 4.24. The van der Waals surface area contributed by atoms with Gasteiger partial charge >= 0.3 is 0 Å². The molecule has 0 spiro atoms. The van der Waals surface area contributed by atoms with E-state index in [4.69, 9.17) is 0 Å². The topological polar surface area (TPSA) is 72.0 Å². The Labute approximate surface area is 126 Å². The standard InChI is InChI=1S/C15H13N3O2S/c1-9-11-7-10(3-4-12(11)18-14(9)20)13(19)8-21-15-16-5-2-6-17-15/h2-7,9H,8H2,1H3,(H,18,20)/t9-/m0/s1. The van der Waals surface area contributed by atoms with Gasteiger partial charge in [-0.25, -0.2) is 9.97 Å². The van der Waals surface area contributed by atoms with Crippen LogP contribution in [0.15, 0.2) is 41.8 Å². The lowest BCUT2D eigenvalue weighted by atomic mass is 9.99. The summed E-state index contributed by atoms with van der Waals surface area (Å²) < 4.78 is 0. The maximum Gasteiger partial charge on any atom is 0.231 e. The Hall–Kier alpha value is -2.21. The molecule has 5 nitrogen and oxygen atoms in total. The van der Waals surface area contributed by atoms with Gasteiger partial charge in [0.15, 0.2) is 10.9 Å². The fourth-order valence-electron chi connectivity index (χ4n) is 2.16. The summed E-state index contributed by atoms with van der Waals surface area (Å²) in [5, 5.41) is 3.38. The van der Waals surface area contributed by atoms with Crippen molar-refractivity contribution in [2.24, 2.45) is 0 Å². The minimum atomic E-state index is -0.210. The highest BCUT2D eigenvalue weighted by Crippen LogP contribution is 2.33. The number of carbonyl (C=O) groups excluding carboxylic acids is 2. The van der Waals surface area contributed by atoms with E-state index in [1.54, 1.807) is 36.7 Å². The lowest BCUT2D eigenvalue weighted by Crippen LogP contribution is -2.08. The fourth-order valence-corrected chi connectivity index (χ4v) is 2.86. The van der Waals surface area contributed by atoms with E-state index in [2.05, 4.69) is 15.3 Å². The van der Waals surface area contributed by atoms with Gasteiger partial charge in [-0.05, 0) is 36.8 Å². The first kappa shape index (κ1) is 13.8. The molecule has 1 aliphatic rings. The second-order valence-electron chi connectivity index (χ2n) is 4.76. The van der Waals surface area contributed by atoms with Crippen LogP contribution in [0.25, 0.3) is 0 Å². The van der Waals surface area contributed by atoms with Crippen LogP contribution in [-0.4, -0.2) is 27.4 Å². The van der Waals surface area contributed by atoms with Crippen LogP contribution in [0.4, 0.5) is 5.69 Å². The van der Waals surface area contributed by atoms with Crippen LogP contribution in [0, 0.1) is 0 Å². The van der Waals surface area contributed by atoms with Crippen LogP contribution in [0.3, 0.4) is 0 Å². The predicted octanol–water partition coefficient (Wildman–Crippen LogP) is 2.51. The number of rotatable bonds is 4. The highest BCUT2D eigenvalue weighted by atomic mass is 32.2. The fraction of sp³-hybridized carbons (Fsp3) is 0.200. The molecule has 0 bridgehead atoms. The zero-order valence-electron chi connectivity index (χ0n) is 11.4. The van der Waals surface area contributed by atoms with Gasteiger partial charge in [0.25, 0.3) is 0 Å². The molecule has 1 aromatic heterocycles. The van der Waals surface area contributed by atoms with Gasteiger partial charge in [0.05, 0.1) is 11.7 Å². The van der Waals surface area contributed by atoms with Crippen molar-refractivity contribution in [3.05, 3.63) is 47.8 Å². The summed E-state index contributed by atoms with van der Waals surface area (Å²) in [5.41, 5.74) is 2.29. The van der Waals surface area contributed by atoms with Crippen LogP contribution in [0.2, 0.25) is 0 Å². The van der Waals surface area contributed by atoms with Crippen molar-refractivity contribution in [2.45, 2.75) is 18.0 Å². The Kier molecular flexibility index (Phi) is 3.70. The number of benzene rings is 1. The lowest BCUT2D eigenvalue weighted by Gasteiger charge is -2.05. The highest BCUT2D eigenvalue weighted by molar-refractivity contribution is 7.99. The van der Waals surface area contributed by atoms with Gasteiger partial charge in [-0.1, -0.05) is 11.8 Å². The van der Waals surface area contributed by atoms with E-state index >= 15 is 0 Å². The second kappa shape index (κ2) is 5.65.